The normalized spacial score (nSPS) is 12.6. The number of carbonyl (C=O) groups excluding carboxylic acids is 1. The minimum Gasteiger partial charge on any atom is -0.318 e. The summed E-state index contributed by atoms with van der Waals surface area (Å²) in [5.41, 5.74) is 5.78. The van der Waals surface area contributed by atoms with Gasteiger partial charge in [0.05, 0.1) is 6.04 Å². The summed E-state index contributed by atoms with van der Waals surface area (Å²) in [6.07, 6.45) is 0. The number of benzene rings is 1. The lowest BCUT2D eigenvalue weighted by Crippen LogP contribution is -2.19. The van der Waals surface area contributed by atoms with Crippen LogP contribution in [0.5, 0.6) is 0 Å². The van der Waals surface area contributed by atoms with Gasteiger partial charge in [-0.1, -0.05) is 0 Å². The molecule has 0 heterocycles. The molecule has 0 saturated heterocycles. The Labute approximate surface area is 89.5 Å². The molecule has 0 amide bonds. The Morgan fingerprint density at radius 2 is 2.23 bits per heavy atom. The molecule has 0 bridgehead atoms. The number of nitrogens with two attached hydrogens (primary N) is 1. The predicted molar refractivity (Wildman–Crippen MR) is 56.7 cm³/mol. The summed E-state index contributed by atoms with van der Waals surface area (Å²) >= 11 is 2.05. The van der Waals surface area contributed by atoms with Crippen LogP contribution in [-0.4, -0.2) is 5.78 Å². The van der Waals surface area contributed by atoms with Gasteiger partial charge in [0, 0.05) is 9.13 Å². The molecule has 2 nitrogen and oxygen atoms in total. The minimum atomic E-state index is -0.852. The summed E-state index contributed by atoms with van der Waals surface area (Å²) in [4.78, 5) is 10.9. The van der Waals surface area contributed by atoms with E-state index in [1.54, 1.807) is 12.1 Å². The second-order valence-electron chi connectivity index (χ2n) is 2.75. The monoisotopic (exact) mass is 293 g/mol. The van der Waals surface area contributed by atoms with E-state index in [4.69, 9.17) is 5.73 Å². The van der Waals surface area contributed by atoms with Gasteiger partial charge in [-0.2, -0.15) is 0 Å². The van der Waals surface area contributed by atoms with Crippen LogP contribution in [0, 0.1) is 9.39 Å². The first-order valence-electron chi connectivity index (χ1n) is 3.73. The van der Waals surface area contributed by atoms with Crippen LogP contribution in [0.25, 0.3) is 0 Å². The van der Waals surface area contributed by atoms with Gasteiger partial charge in [-0.15, -0.1) is 0 Å². The highest BCUT2D eigenvalue weighted by Gasteiger charge is 2.15. The van der Waals surface area contributed by atoms with Crippen molar-refractivity contribution in [1.29, 1.82) is 0 Å². The van der Waals surface area contributed by atoms with Gasteiger partial charge in [0.25, 0.3) is 0 Å². The fraction of sp³-hybridized carbons (Fsp3) is 0.222. The molecule has 0 aliphatic rings. The van der Waals surface area contributed by atoms with Crippen LogP contribution in [0.4, 0.5) is 4.39 Å². The average Bonchev–Trinajstić information content (AvgIpc) is 2.08. The van der Waals surface area contributed by atoms with Crippen LogP contribution in [0.1, 0.15) is 18.5 Å². The van der Waals surface area contributed by atoms with E-state index < -0.39 is 11.9 Å². The largest absolute Gasteiger partial charge is 0.318 e. The van der Waals surface area contributed by atoms with E-state index in [2.05, 4.69) is 0 Å². The molecule has 70 valence electrons. The van der Waals surface area contributed by atoms with Gasteiger partial charge in [-0.3, -0.25) is 4.79 Å². The highest BCUT2D eigenvalue weighted by atomic mass is 127. The maximum absolute atomic E-state index is 13.1. The van der Waals surface area contributed by atoms with Crippen molar-refractivity contribution in [3.63, 3.8) is 0 Å². The fourth-order valence-electron chi connectivity index (χ4n) is 0.972. The van der Waals surface area contributed by atoms with Gasteiger partial charge >= 0.3 is 0 Å². The molecule has 1 aromatic rings. The molecule has 0 aliphatic carbocycles. The molecule has 0 aliphatic heterocycles. The summed E-state index contributed by atoms with van der Waals surface area (Å²) in [7, 11) is 0. The Hall–Kier alpha value is -0.490. The molecule has 0 spiro atoms. The van der Waals surface area contributed by atoms with Gasteiger partial charge in [-0.05, 0) is 47.7 Å². The van der Waals surface area contributed by atoms with Crippen molar-refractivity contribution in [2.75, 3.05) is 0 Å². The van der Waals surface area contributed by atoms with Crippen LogP contribution < -0.4 is 5.73 Å². The molecule has 2 N–H and O–H groups in total. The Morgan fingerprint density at radius 3 is 2.77 bits per heavy atom. The Bertz CT molecular complexity index is 340. The van der Waals surface area contributed by atoms with Crippen LogP contribution in [0.3, 0.4) is 0 Å². The minimum absolute atomic E-state index is 0.235. The maximum atomic E-state index is 13.1. The molecule has 0 radical (unpaired) electrons. The van der Waals surface area contributed by atoms with E-state index in [1.807, 2.05) is 22.6 Å². The SMILES string of the molecule is CC(=O)C(N)c1cc(I)ccc1F. The van der Waals surface area contributed by atoms with E-state index in [-0.39, 0.29) is 11.3 Å². The highest BCUT2D eigenvalue weighted by Crippen LogP contribution is 2.18. The molecule has 4 heteroatoms. The average molecular weight is 293 g/mol. The third kappa shape index (κ3) is 2.47. The first-order valence-corrected chi connectivity index (χ1v) is 4.81. The van der Waals surface area contributed by atoms with Crippen LogP contribution in [-0.2, 0) is 4.79 Å². The predicted octanol–water partition coefficient (Wildman–Crippen LogP) is 2.02. The van der Waals surface area contributed by atoms with Gasteiger partial charge in [0.15, 0.2) is 5.78 Å². The summed E-state index contributed by atoms with van der Waals surface area (Å²) in [5, 5.41) is 0. The first-order chi connectivity index (χ1) is 6.02. The third-order valence-electron chi connectivity index (χ3n) is 1.73. The summed E-state index contributed by atoms with van der Waals surface area (Å²) in [6, 6.07) is 3.68. The highest BCUT2D eigenvalue weighted by molar-refractivity contribution is 14.1. The van der Waals surface area contributed by atoms with Crippen molar-refractivity contribution in [2.45, 2.75) is 13.0 Å². The fourth-order valence-corrected chi connectivity index (χ4v) is 1.49. The van der Waals surface area contributed by atoms with Crippen molar-refractivity contribution >= 4 is 28.4 Å². The quantitative estimate of drug-likeness (QED) is 0.848. The Morgan fingerprint density at radius 1 is 1.62 bits per heavy atom. The maximum Gasteiger partial charge on any atom is 0.151 e. The summed E-state index contributed by atoms with van der Waals surface area (Å²) < 4.78 is 14.0. The molecule has 1 aromatic carbocycles. The van der Waals surface area contributed by atoms with Gasteiger partial charge in [0.2, 0.25) is 0 Å². The van der Waals surface area contributed by atoms with E-state index in [0.29, 0.717) is 0 Å². The Balaban J connectivity index is 3.12. The van der Waals surface area contributed by atoms with E-state index in [9.17, 15) is 9.18 Å². The Kier molecular flexibility index (Phi) is 3.38. The zero-order valence-electron chi connectivity index (χ0n) is 7.05. The third-order valence-corrected chi connectivity index (χ3v) is 2.40. The van der Waals surface area contributed by atoms with E-state index in [0.717, 1.165) is 3.57 Å². The molecule has 1 atom stereocenters. The number of halogens is 2. The van der Waals surface area contributed by atoms with Crippen molar-refractivity contribution < 1.29 is 9.18 Å². The topological polar surface area (TPSA) is 43.1 Å². The number of Topliss-reactive ketones (excluding diaryl/α,β-unsaturated/α-hetero) is 1. The standard InChI is InChI=1S/C9H9FINO/c1-5(13)9(12)7-4-6(11)2-3-8(7)10/h2-4,9H,12H2,1H3. The number of ketones is 1. The number of carbonyl (C=O) groups is 1. The summed E-state index contributed by atoms with van der Waals surface area (Å²) in [6.45, 7) is 1.35. The number of rotatable bonds is 2. The van der Waals surface area contributed by atoms with Gasteiger partial charge < -0.3 is 5.73 Å². The lowest BCUT2D eigenvalue weighted by Gasteiger charge is -2.09. The van der Waals surface area contributed by atoms with Crippen LogP contribution >= 0.6 is 22.6 Å². The van der Waals surface area contributed by atoms with Crippen molar-refractivity contribution in [3.8, 4) is 0 Å². The zero-order chi connectivity index (χ0) is 10.0. The smallest absolute Gasteiger partial charge is 0.151 e. The molecule has 13 heavy (non-hydrogen) atoms. The molecule has 1 rings (SSSR count). The molecular formula is C9H9FINO. The molecular weight excluding hydrogens is 284 g/mol. The van der Waals surface area contributed by atoms with Crippen LogP contribution in [0.15, 0.2) is 18.2 Å². The van der Waals surface area contributed by atoms with E-state index in [1.165, 1.54) is 13.0 Å². The molecule has 0 fully saturated rings. The molecule has 1 unspecified atom stereocenters. The van der Waals surface area contributed by atoms with Crippen molar-refractivity contribution in [3.05, 3.63) is 33.1 Å². The van der Waals surface area contributed by atoms with Crippen molar-refractivity contribution in [1.82, 2.24) is 0 Å². The summed E-state index contributed by atoms with van der Waals surface area (Å²) in [5.74, 6) is -0.663. The van der Waals surface area contributed by atoms with E-state index >= 15 is 0 Å². The lowest BCUT2D eigenvalue weighted by atomic mass is 10.0. The van der Waals surface area contributed by atoms with Crippen LogP contribution in [0.2, 0.25) is 0 Å². The second kappa shape index (κ2) is 4.15. The molecule has 0 saturated carbocycles. The first kappa shape index (κ1) is 10.6. The number of hydrogen-bond acceptors (Lipinski definition) is 2. The molecule has 0 aromatic heterocycles. The van der Waals surface area contributed by atoms with Gasteiger partial charge in [0.1, 0.15) is 5.82 Å². The van der Waals surface area contributed by atoms with Gasteiger partial charge in [-0.25, -0.2) is 4.39 Å². The second-order valence-corrected chi connectivity index (χ2v) is 4.00. The number of hydrogen-bond donors (Lipinski definition) is 1. The zero-order valence-corrected chi connectivity index (χ0v) is 9.21. The van der Waals surface area contributed by atoms with Crippen molar-refractivity contribution in [2.24, 2.45) is 5.73 Å². The lowest BCUT2D eigenvalue weighted by molar-refractivity contribution is -0.118.